The van der Waals surface area contributed by atoms with Crippen LogP contribution in [0.25, 0.3) is 0 Å². The molecular weight excluding hydrogens is 308 g/mol. The van der Waals surface area contributed by atoms with Crippen LogP contribution in [-0.2, 0) is 5.79 Å². The molecule has 0 saturated heterocycles. The van der Waals surface area contributed by atoms with Gasteiger partial charge >= 0.3 is 0 Å². The van der Waals surface area contributed by atoms with E-state index in [1.54, 1.807) is 0 Å². The Bertz CT molecular complexity index is 567. The van der Waals surface area contributed by atoms with E-state index in [0.29, 0.717) is 12.2 Å². The second-order valence-corrected chi connectivity index (χ2v) is 6.79. The lowest BCUT2D eigenvalue weighted by Gasteiger charge is -2.29. The molecule has 0 radical (unpaired) electrons. The Kier molecular flexibility index (Phi) is 8.54. The normalized spacial score (nSPS) is 13.4. The molecule has 0 heterocycles. The number of aliphatic hydroxyl groups is 1. The SMILES string of the molecule is CCCCCCCCCCC(O)(Oc1ccccc1)c1ccccc1. The van der Waals surface area contributed by atoms with Gasteiger partial charge in [0.05, 0.1) is 0 Å². The van der Waals surface area contributed by atoms with Gasteiger partial charge in [-0.2, -0.15) is 0 Å². The maximum atomic E-state index is 11.2. The molecule has 0 aliphatic rings. The number of unbranched alkanes of at least 4 members (excludes halogenated alkanes) is 7. The number of para-hydroxylation sites is 1. The number of hydrogen-bond acceptors (Lipinski definition) is 2. The highest BCUT2D eigenvalue weighted by atomic mass is 16.6. The van der Waals surface area contributed by atoms with Gasteiger partial charge in [-0.15, -0.1) is 0 Å². The summed E-state index contributed by atoms with van der Waals surface area (Å²) in [5, 5.41) is 11.2. The van der Waals surface area contributed by atoms with Crippen LogP contribution in [0.15, 0.2) is 60.7 Å². The summed E-state index contributed by atoms with van der Waals surface area (Å²) in [5.41, 5.74) is 0.821. The first-order valence-corrected chi connectivity index (χ1v) is 9.76. The van der Waals surface area contributed by atoms with Crippen molar-refractivity contribution in [3.05, 3.63) is 66.2 Å². The van der Waals surface area contributed by atoms with Crippen molar-refractivity contribution in [3.8, 4) is 5.75 Å². The lowest BCUT2D eigenvalue weighted by molar-refractivity contribution is -0.152. The predicted molar refractivity (Wildman–Crippen MR) is 105 cm³/mol. The average Bonchev–Trinajstić information content (AvgIpc) is 2.65. The summed E-state index contributed by atoms with van der Waals surface area (Å²) in [5.74, 6) is -0.557. The topological polar surface area (TPSA) is 29.5 Å². The Hall–Kier alpha value is -1.80. The highest BCUT2D eigenvalue weighted by Gasteiger charge is 2.31. The number of hydrogen-bond donors (Lipinski definition) is 1. The molecule has 0 aliphatic carbocycles. The lowest BCUT2D eigenvalue weighted by atomic mass is 9.98. The van der Waals surface area contributed by atoms with E-state index in [0.717, 1.165) is 18.4 Å². The summed E-state index contributed by atoms with van der Waals surface area (Å²) in [6.07, 6.45) is 10.6. The summed E-state index contributed by atoms with van der Waals surface area (Å²) >= 11 is 0. The predicted octanol–water partition coefficient (Wildman–Crippen LogP) is 6.44. The van der Waals surface area contributed by atoms with Gasteiger partial charge in [0.1, 0.15) is 5.75 Å². The van der Waals surface area contributed by atoms with Crippen molar-refractivity contribution >= 4 is 0 Å². The molecule has 2 heteroatoms. The first-order chi connectivity index (χ1) is 12.2. The minimum absolute atomic E-state index is 0.612. The van der Waals surface area contributed by atoms with Crippen molar-refractivity contribution in [1.82, 2.24) is 0 Å². The van der Waals surface area contributed by atoms with Gasteiger partial charge in [-0.1, -0.05) is 100 Å². The zero-order chi connectivity index (χ0) is 17.8. The summed E-state index contributed by atoms with van der Waals surface area (Å²) < 4.78 is 6.00. The highest BCUT2D eigenvalue weighted by molar-refractivity contribution is 5.26. The zero-order valence-electron chi connectivity index (χ0n) is 15.5. The van der Waals surface area contributed by atoms with Crippen LogP contribution in [0.3, 0.4) is 0 Å². The Labute approximate surface area is 152 Å². The molecule has 1 atom stereocenters. The van der Waals surface area contributed by atoms with Crippen LogP contribution in [0.5, 0.6) is 5.75 Å². The van der Waals surface area contributed by atoms with E-state index in [2.05, 4.69) is 6.92 Å². The van der Waals surface area contributed by atoms with Gasteiger partial charge in [-0.3, -0.25) is 0 Å². The van der Waals surface area contributed by atoms with Gasteiger partial charge in [-0.05, 0) is 18.6 Å². The Morgan fingerprint density at radius 2 is 1.24 bits per heavy atom. The first-order valence-electron chi connectivity index (χ1n) is 9.76. The third-order valence-electron chi connectivity index (χ3n) is 4.62. The van der Waals surface area contributed by atoms with Gasteiger partial charge in [-0.25, -0.2) is 0 Å². The monoisotopic (exact) mass is 340 g/mol. The molecule has 1 unspecified atom stereocenters. The van der Waals surface area contributed by atoms with Crippen LogP contribution in [0.2, 0.25) is 0 Å². The fraction of sp³-hybridized carbons (Fsp3) is 0.478. The fourth-order valence-corrected chi connectivity index (χ4v) is 3.13. The maximum absolute atomic E-state index is 11.2. The maximum Gasteiger partial charge on any atom is 0.234 e. The van der Waals surface area contributed by atoms with Crippen molar-refractivity contribution in [2.24, 2.45) is 0 Å². The third-order valence-corrected chi connectivity index (χ3v) is 4.62. The van der Waals surface area contributed by atoms with E-state index in [-0.39, 0.29) is 0 Å². The summed E-state index contributed by atoms with van der Waals surface area (Å²) in [6, 6.07) is 19.3. The smallest absolute Gasteiger partial charge is 0.234 e. The Morgan fingerprint density at radius 3 is 1.84 bits per heavy atom. The largest absolute Gasteiger partial charge is 0.458 e. The van der Waals surface area contributed by atoms with Crippen LogP contribution in [0.1, 0.15) is 70.3 Å². The molecule has 136 valence electrons. The molecule has 25 heavy (non-hydrogen) atoms. The van der Waals surface area contributed by atoms with E-state index in [1.165, 1.54) is 38.5 Å². The van der Waals surface area contributed by atoms with Crippen LogP contribution in [0.4, 0.5) is 0 Å². The molecule has 0 fully saturated rings. The van der Waals surface area contributed by atoms with Gasteiger partial charge in [0.25, 0.3) is 0 Å². The van der Waals surface area contributed by atoms with Crippen LogP contribution in [0, 0.1) is 0 Å². The van der Waals surface area contributed by atoms with E-state index in [9.17, 15) is 5.11 Å². The molecule has 0 aliphatic heterocycles. The van der Waals surface area contributed by atoms with Crippen molar-refractivity contribution in [3.63, 3.8) is 0 Å². The van der Waals surface area contributed by atoms with Crippen molar-refractivity contribution in [2.45, 2.75) is 70.5 Å². The van der Waals surface area contributed by atoms with E-state index < -0.39 is 5.79 Å². The summed E-state index contributed by atoms with van der Waals surface area (Å²) in [7, 11) is 0. The Balaban J connectivity index is 1.87. The summed E-state index contributed by atoms with van der Waals surface area (Å²) in [6.45, 7) is 2.25. The second kappa shape index (κ2) is 10.9. The zero-order valence-corrected chi connectivity index (χ0v) is 15.5. The first kappa shape index (κ1) is 19.5. The molecule has 2 aromatic rings. The minimum Gasteiger partial charge on any atom is -0.458 e. The quantitative estimate of drug-likeness (QED) is 0.356. The molecule has 0 bridgehead atoms. The Morgan fingerprint density at radius 1 is 0.720 bits per heavy atom. The molecule has 2 nitrogen and oxygen atoms in total. The van der Waals surface area contributed by atoms with Gasteiger partial charge in [0, 0.05) is 12.0 Å². The fourth-order valence-electron chi connectivity index (χ4n) is 3.13. The van der Waals surface area contributed by atoms with Gasteiger partial charge in [0.15, 0.2) is 0 Å². The number of benzene rings is 2. The van der Waals surface area contributed by atoms with E-state index in [1.807, 2.05) is 60.7 Å². The lowest BCUT2D eigenvalue weighted by Crippen LogP contribution is -2.32. The molecule has 0 aromatic heterocycles. The molecule has 0 saturated carbocycles. The second-order valence-electron chi connectivity index (χ2n) is 6.79. The van der Waals surface area contributed by atoms with Crippen LogP contribution >= 0.6 is 0 Å². The van der Waals surface area contributed by atoms with Crippen LogP contribution < -0.4 is 4.74 Å². The highest BCUT2D eigenvalue weighted by Crippen LogP contribution is 2.31. The van der Waals surface area contributed by atoms with Gasteiger partial charge < -0.3 is 9.84 Å². The van der Waals surface area contributed by atoms with E-state index >= 15 is 0 Å². The molecular formula is C23H32O2. The third kappa shape index (κ3) is 6.91. The number of rotatable bonds is 12. The van der Waals surface area contributed by atoms with Crippen molar-refractivity contribution in [1.29, 1.82) is 0 Å². The summed E-state index contributed by atoms with van der Waals surface area (Å²) in [4.78, 5) is 0. The van der Waals surface area contributed by atoms with E-state index in [4.69, 9.17) is 4.74 Å². The van der Waals surface area contributed by atoms with Crippen molar-refractivity contribution in [2.75, 3.05) is 0 Å². The molecule has 1 N–H and O–H groups in total. The van der Waals surface area contributed by atoms with Crippen LogP contribution in [-0.4, -0.2) is 5.11 Å². The number of ether oxygens (including phenoxy) is 1. The average molecular weight is 341 g/mol. The van der Waals surface area contributed by atoms with Crippen molar-refractivity contribution < 1.29 is 9.84 Å². The molecule has 0 amide bonds. The molecule has 2 rings (SSSR count). The molecule has 0 spiro atoms. The standard InChI is InChI=1S/C23H32O2/c1-2-3-4-5-6-7-8-15-20-23(24,21-16-11-9-12-17-21)25-22-18-13-10-14-19-22/h9-14,16-19,24H,2-8,15,20H2,1H3. The minimum atomic E-state index is -1.26. The van der Waals surface area contributed by atoms with Gasteiger partial charge in [0.2, 0.25) is 5.79 Å². The molecule has 2 aromatic carbocycles.